The van der Waals surface area contributed by atoms with Crippen molar-refractivity contribution in [2.75, 3.05) is 18.0 Å². The summed E-state index contributed by atoms with van der Waals surface area (Å²) in [5.74, 6) is 0.862. The summed E-state index contributed by atoms with van der Waals surface area (Å²) in [6.07, 6.45) is 7.37. The lowest BCUT2D eigenvalue weighted by Crippen LogP contribution is -2.26. The number of hydrogen-bond donors (Lipinski definition) is 0. The Labute approximate surface area is 105 Å². The monoisotopic (exact) mass is 283 g/mol. The van der Waals surface area contributed by atoms with Crippen molar-refractivity contribution in [3.8, 4) is 0 Å². The summed E-state index contributed by atoms with van der Waals surface area (Å²) >= 11 is 3.36. The van der Waals surface area contributed by atoms with Gasteiger partial charge in [-0.1, -0.05) is 13.8 Å². The van der Waals surface area contributed by atoms with Crippen LogP contribution in [0.4, 0.5) is 5.95 Å². The molecule has 1 saturated heterocycles. The molecule has 1 aromatic heterocycles. The zero-order valence-corrected chi connectivity index (χ0v) is 11.5. The van der Waals surface area contributed by atoms with Crippen LogP contribution in [0.5, 0.6) is 0 Å². The van der Waals surface area contributed by atoms with Crippen LogP contribution < -0.4 is 4.90 Å². The fourth-order valence-corrected chi connectivity index (χ4v) is 2.30. The van der Waals surface area contributed by atoms with E-state index in [0.29, 0.717) is 5.41 Å². The highest BCUT2D eigenvalue weighted by Gasteiger charge is 2.23. The number of nitrogens with zero attached hydrogens (tertiary/aromatic N) is 3. The Morgan fingerprint density at radius 1 is 1.19 bits per heavy atom. The fraction of sp³-hybridized carbons (Fsp3) is 0.667. The summed E-state index contributed by atoms with van der Waals surface area (Å²) < 4.78 is 0.936. The van der Waals surface area contributed by atoms with Crippen LogP contribution in [0.1, 0.15) is 33.1 Å². The standard InChI is InChI=1S/C12H18BrN3/c1-12(2)4-3-6-16(7-5-12)11-14-8-10(13)9-15-11/h8-9H,3-7H2,1-2H3. The van der Waals surface area contributed by atoms with Gasteiger partial charge in [0.1, 0.15) is 0 Å². The van der Waals surface area contributed by atoms with Crippen molar-refractivity contribution in [2.24, 2.45) is 5.41 Å². The maximum atomic E-state index is 4.36. The molecular weight excluding hydrogens is 266 g/mol. The second-order valence-corrected chi connectivity index (χ2v) is 6.12. The number of anilines is 1. The molecule has 1 aliphatic heterocycles. The van der Waals surface area contributed by atoms with Crippen LogP contribution in [0.2, 0.25) is 0 Å². The third-order valence-electron chi connectivity index (χ3n) is 3.23. The fourth-order valence-electron chi connectivity index (χ4n) is 2.09. The van der Waals surface area contributed by atoms with E-state index in [0.717, 1.165) is 23.5 Å². The molecule has 0 N–H and O–H groups in total. The largest absolute Gasteiger partial charge is 0.341 e. The van der Waals surface area contributed by atoms with Gasteiger partial charge in [0.05, 0.1) is 4.47 Å². The molecule has 0 atom stereocenters. The maximum Gasteiger partial charge on any atom is 0.225 e. The molecule has 2 rings (SSSR count). The first-order chi connectivity index (χ1) is 7.57. The summed E-state index contributed by atoms with van der Waals surface area (Å²) in [6, 6.07) is 0. The van der Waals surface area contributed by atoms with Crippen LogP contribution in [0, 0.1) is 5.41 Å². The molecule has 0 bridgehead atoms. The van der Waals surface area contributed by atoms with Crippen LogP contribution >= 0.6 is 15.9 Å². The predicted octanol–water partition coefficient (Wildman–Crippen LogP) is 3.26. The average molecular weight is 284 g/mol. The van der Waals surface area contributed by atoms with Gasteiger partial charge < -0.3 is 4.90 Å². The highest BCUT2D eigenvalue weighted by molar-refractivity contribution is 9.10. The van der Waals surface area contributed by atoms with Crippen molar-refractivity contribution in [2.45, 2.75) is 33.1 Å². The Balaban J connectivity index is 2.08. The van der Waals surface area contributed by atoms with Gasteiger partial charge in [-0.15, -0.1) is 0 Å². The minimum absolute atomic E-state index is 0.462. The van der Waals surface area contributed by atoms with Gasteiger partial charge in [-0.05, 0) is 40.6 Å². The molecule has 2 heterocycles. The molecule has 0 spiro atoms. The molecule has 0 saturated carbocycles. The number of aromatic nitrogens is 2. The molecule has 4 heteroatoms. The Morgan fingerprint density at radius 2 is 1.88 bits per heavy atom. The van der Waals surface area contributed by atoms with Gasteiger partial charge in [0.25, 0.3) is 0 Å². The van der Waals surface area contributed by atoms with Crippen LogP contribution in [0.15, 0.2) is 16.9 Å². The highest BCUT2D eigenvalue weighted by Crippen LogP contribution is 2.30. The predicted molar refractivity (Wildman–Crippen MR) is 69.6 cm³/mol. The van der Waals surface area contributed by atoms with Gasteiger partial charge >= 0.3 is 0 Å². The molecule has 1 aliphatic rings. The van der Waals surface area contributed by atoms with Crippen LogP contribution in [-0.4, -0.2) is 23.1 Å². The van der Waals surface area contributed by atoms with E-state index in [2.05, 4.69) is 44.6 Å². The quantitative estimate of drug-likeness (QED) is 0.792. The summed E-state index contributed by atoms with van der Waals surface area (Å²) in [5, 5.41) is 0. The topological polar surface area (TPSA) is 29.0 Å². The van der Waals surface area contributed by atoms with Gasteiger partial charge in [-0.25, -0.2) is 9.97 Å². The smallest absolute Gasteiger partial charge is 0.225 e. The van der Waals surface area contributed by atoms with E-state index >= 15 is 0 Å². The number of halogens is 1. The first kappa shape index (κ1) is 11.8. The van der Waals surface area contributed by atoms with Crippen molar-refractivity contribution in [3.63, 3.8) is 0 Å². The van der Waals surface area contributed by atoms with Crippen LogP contribution in [-0.2, 0) is 0 Å². The van der Waals surface area contributed by atoms with Crippen molar-refractivity contribution >= 4 is 21.9 Å². The van der Waals surface area contributed by atoms with Crippen molar-refractivity contribution < 1.29 is 0 Å². The van der Waals surface area contributed by atoms with Gasteiger partial charge in [0.2, 0.25) is 5.95 Å². The molecule has 1 aromatic rings. The van der Waals surface area contributed by atoms with E-state index in [9.17, 15) is 0 Å². The molecule has 0 aromatic carbocycles. The van der Waals surface area contributed by atoms with Crippen molar-refractivity contribution in [1.82, 2.24) is 9.97 Å². The minimum Gasteiger partial charge on any atom is -0.341 e. The molecule has 16 heavy (non-hydrogen) atoms. The van der Waals surface area contributed by atoms with Crippen LogP contribution in [0.25, 0.3) is 0 Å². The molecule has 0 radical (unpaired) electrons. The van der Waals surface area contributed by atoms with Crippen molar-refractivity contribution in [1.29, 1.82) is 0 Å². The molecule has 0 unspecified atom stereocenters. The SMILES string of the molecule is CC1(C)CCCN(c2ncc(Br)cn2)CC1. The van der Waals surface area contributed by atoms with Gasteiger partial charge in [-0.2, -0.15) is 0 Å². The Kier molecular flexibility index (Phi) is 3.47. The third-order valence-corrected chi connectivity index (χ3v) is 3.64. The first-order valence-electron chi connectivity index (χ1n) is 5.79. The van der Waals surface area contributed by atoms with Gasteiger partial charge in [0, 0.05) is 25.5 Å². The zero-order valence-electron chi connectivity index (χ0n) is 9.91. The van der Waals surface area contributed by atoms with E-state index < -0.39 is 0 Å². The lowest BCUT2D eigenvalue weighted by molar-refractivity contribution is 0.325. The number of rotatable bonds is 1. The summed E-state index contributed by atoms with van der Waals surface area (Å²) in [4.78, 5) is 11.0. The van der Waals surface area contributed by atoms with E-state index in [1.54, 1.807) is 0 Å². The molecule has 0 aliphatic carbocycles. The summed E-state index contributed by atoms with van der Waals surface area (Å²) in [7, 11) is 0. The Hall–Kier alpha value is -0.640. The number of hydrogen-bond acceptors (Lipinski definition) is 3. The molecular formula is C12H18BrN3. The maximum absolute atomic E-state index is 4.36. The lowest BCUT2D eigenvalue weighted by atomic mass is 9.85. The first-order valence-corrected chi connectivity index (χ1v) is 6.59. The molecule has 88 valence electrons. The van der Waals surface area contributed by atoms with Gasteiger partial charge in [0.15, 0.2) is 0 Å². The van der Waals surface area contributed by atoms with E-state index in [1.807, 2.05) is 12.4 Å². The Morgan fingerprint density at radius 3 is 2.56 bits per heavy atom. The minimum atomic E-state index is 0.462. The van der Waals surface area contributed by atoms with Crippen molar-refractivity contribution in [3.05, 3.63) is 16.9 Å². The van der Waals surface area contributed by atoms with E-state index in [-0.39, 0.29) is 0 Å². The normalized spacial score (nSPS) is 20.6. The van der Waals surface area contributed by atoms with E-state index in [1.165, 1.54) is 19.3 Å². The zero-order chi connectivity index (χ0) is 11.6. The van der Waals surface area contributed by atoms with Gasteiger partial charge in [-0.3, -0.25) is 0 Å². The highest BCUT2D eigenvalue weighted by atomic mass is 79.9. The molecule has 0 amide bonds. The third kappa shape index (κ3) is 2.94. The molecule has 3 nitrogen and oxygen atoms in total. The summed E-state index contributed by atoms with van der Waals surface area (Å²) in [5.41, 5.74) is 0.462. The van der Waals surface area contributed by atoms with E-state index in [4.69, 9.17) is 0 Å². The second-order valence-electron chi connectivity index (χ2n) is 5.21. The Bertz CT molecular complexity index is 348. The lowest BCUT2D eigenvalue weighted by Gasteiger charge is -2.23. The second kappa shape index (κ2) is 4.70. The average Bonchev–Trinajstić information content (AvgIpc) is 2.41. The molecule has 1 fully saturated rings. The van der Waals surface area contributed by atoms with Crippen LogP contribution in [0.3, 0.4) is 0 Å². The summed E-state index contributed by atoms with van der Waals surface area (Å²) in [6.45, 7) is 6.83.